The van der Waals surface area contributed by atoms with E-state index < -0.39 is 11.0 Å². The maximum absolute atomic E-state index is 11.6. The van der Waals surface area contributed by atoms with Gasteiger partial charge in [0.15, 0.2) is 0 Å². The summed E-state index contributed by atoms with van der Waals surface area (Å²) in [6.07, 6.45) is 2.10. The fraction of sp³-hybridized carbons (Fsp3) is 1.00. The lowest BCUT2D eigenvalue weighted by molar-refractivity contribution is 0.529. The fourth-order valence-corrected chi connectivity index (χ4v) is 2.55. The largest absolute Gasteiger partial charge is 0.242 e. The van der Waals surface area contributed by atoms with Gasteiger partial charge in [-0.3, -0.25) is 0 Å². The van der Waals surface area contributed by atoms with E-state index in [1.54, 1.807) is 4.31 Å². The number of hydrogen-bond acceptors (Lipinski definition) is 1. The van der Waals surface area contributed by atoms with E-state index in [1.165, 1.54) is 0 Å². The molecule has 3 heteroatoms. The van der Waals surface area contributed by atoms with Gasteiger partial charge < -0.3 is 0 Å². The number of rotatable bonds is 4. The molecule has 2 nitrogen and oxygen atoms in total. The van der Waals surface area contributed by atoms with Gasteiger partial charge in [-0.05, 0) is 34.4 Å². The Labute approximate surface area is 72.6 Å². The quantitative estimate of drug-likeness (QED) is 0.641. The van der Waals surface area contributed by atoms with E-state index in [4.69, 9.17) is 0 Å². The maximum Gasteiger partial charge on any atom is 0.0994 e. The van der Waals surface area contributed by atoms with Gasteiger partial charge in [0.25, 0.3) is 0 Å². The molecule has 68 valence electrons. The minimum Gasteiger partial charge on any atom is -0.242 e. The molecule has 0 fully saturated rings. The molecule has 0 rings (SSSR count). The zero-order valence-corrected chi connectivity index (χ0v) is 8.99. The normalized spacial score (nSPS) is 15.5. The maximum atomic E-state index is 11.6. The molecular formula is C8H19NOS. The molecule has 0 aliphatic carbocycles. The van der Waals surface area contributed by atoms with E-state index in [0.29, 0.717) is 0 Å². The Morgan fingerprint density at radius 1 is 1.36 bits per heavy atom. The second-order valence-electron chi connectivity index (χ2n) is 3.57. The second-order valence-corrected chi connectivity index (χ2v) is 5.90. The third-order valence-electron chi connectivity index (χ3n) is 1.66. The Kier molecular flexibility index (Phi) is 4.26. The first-order valence-electron chi connectivity index (χ1n) is 4.01. The fourth-order valence-electron chi connectivity index (χ4n) is 1.18. The molecule has 0 saturated carbocycles. The summed E-state index contributed by atoms with van der Waals surface area (Å²) in [6, 6.07) is 0. The van der Waals surface area contributed by atoms with Crippen molar-refractivity contribution in [1.29, 1.82) is 0 Å². The summed E-state index contributed by atoms with van der Waals surface area (Å²) in [5.41, 5.74) is 0. The van der Waals surface area contributed by atoms with Crippen LogP contribution in [0.2, 0.25) is 0 Å². The van der Waals surface area contributed by atoms with Crippen molar-refractivity contribution in [2.75, 3.05) is 14.1 Å². The highest BCUT2D eigenvalue weighted by Crippen LogP contribution is 2.20. The van der Waals surface area contributed by atoms with Crippen LogP contribution >= 0.6 is 0 Å². The van der Waals surface area contributed by atoms with Crippen molar-refractivity contribution in [3.8, 4) is 0 Å². The summed E-state index contributed by atoms with van der Waals surface area (Å²) >= 11 is 0. The Hall–Kier alpha value is 0.110. The first-order chi connectivity index (χ1) is 4.91. The molecule has 1 atom stereocenters. The molecule has 11 heavy (non-hydrogen) atoms. The highest BCUT2D eigenvalue weighted by molar-refractivity contribution is 7.84. The molecule has 0 N–H and O–H groups in total. The van der Waals surface area contributed by atoms with Crippen LogP contribution < -0.4 is 0 Å². The van der Waals surface area contributed by atoms with Crippen molar-refractivity contribution in [2.24, 2.45) is 0 Å². The summed E-state index contributed by atoms with van der Waals surface area (Å²) in [5.74, 6) is 0. The Bertz CT molecular complexity index is 143. The van der Waals surface area contributed by atoms with Gasteiger partial charge in [-0.15, -0.1) is 0 Å². The molecule has 0 aliphatic rings. The van der Waals surface area contributed by atoms with Gasteiger partial charge in [0, 0.05) is 0 Å². The average Bonchev–Trinajstić information content (AvgIpc) is 1.86. The Morgan fingerprint density at radius 3 is 2.09 bits per heavy atom. The van der Waals surface area contributed by atoms with Crippen molar-refractivity contribution < 1.29 is 4.21 Å². The van der Waals surface area contributed by atoms with Gasteiger partial charge in [0.05, 0.1) is 15.7 Å². The van der Waals surface area contributed by atoms with E-state index in [-0.39, 0.29) is 4.75 Å². The summed E-state index contributed by atoms with van der Waals surface area (Å²) in [4.78, 5) is 0. The Balaban J connectivity index is 4.17. The van der Waals surface area contributed by atoms with Crippen LogP contribution in [0.3, 0.4) is 0 Å². The standard InChI is InChI=1S/C8H19NOS/c1-6-7-8(2,3)11(10)9(4)5/h6-7H2,1-5H3. The summed E-state index contributed by atoms with van der Waals surface area (Å²) in [7, 11) is 2.86. The van der Waals surface area contributed by atoms with Crippen molar-refractivity contribution in [3.63, 3.8) is 0 Å². The molecular weight excluding hydrogens is 158 g/mol. The van der Waals surface area contributed by atoms with Crippen LogP contribution in [-0.4, -0.2) is 27.4 Å². The molecule has 0 aromatic carbocycles. The highest BCUT2D eigenvalue weighted by Gasteiger charge is 2.26. The van der Waals surface area contributed by atoms with Gasteiger partial charge in [0.1, 0.15) is 0 Å². The molecule has 0 aliphatic heterocycles. The predicted octanol–water partition coefficient (Wildman–Crippen LogP) is 1.79. The van der Waals surface area contributed by atoms with Crippen molar-refractivity contribution in [3.05, 3.63) is 0 Å². The summed E-state index contributed by atoms with van der Waals surface area (Å²) < 4.78 is 13.3. The SMILES string of the molecule is CCCC(C)(C)S(=O)N(C)C. The number of hydrogen-bond donors (Lipinski definition) is 0. The van der Waals surface area contributed by atoms with Gasteiger partial charge in [-0.2, -0.15) is 0 Å². The lowest BCUT2D eigenvalue weighted by Crippen LogP contribution is -2.35. The second kappa shape index (κ2) is 4.21. The molecule has 0 bridgehead atoms. The molecule has 0 aromatic rings. The van der Waals surface area contributed by atoms with Crippen LogP contribution in [0.4, 0.5) is 0 Å². The van der Waals surface area contributed by atoms with Crippen LogP contribution in [0, 0.1) is 0 Å². The lowest BCUT2D eigenvalue weighted by atomic mass is 10.1. The minimum atomic E-state index is -0.849. The number of nitrogens with zero attached hydrogens (tertiary/aromatic N) is 1. The van der Waals surface area contributed by atoms with E-state index in [0.717, 1.165) is 12.8 Å². The molecule has 1 unspecified atom stereocenters. The van der Waals surface area contributed by atoms with Crippen molar-refractivity contribution in [1.82, 2.24) is 4.31 Å². The highest BCUT2D eigenvalue weighted by atomic mass is 32.2. The van der Waals surface area contributed by atoms with Crippen LogP contribution in [0.5, 0.6) is 0 Å². The topological polar surface area (TPSA) is 20.3 Å². The van der Waals surface area contributed by atoms with E-state index >= 15 is 0 Å². The zero-order valence-electron chi connectivity index (χ0n) is 8.18. The monoisotopic (exact) mass is 177 g/mol. The average molecular weight is 177 g/mol. The van der Waals surface area contributed by atoms with Crippen LogP contribution in [0.15, 0.2) is 0 Å². The van der Waals surface area contributed by atoms with Gasteiger partial charge in [0.2, 0.25) is 0 Å². The Morgan fingerprint density at radius 2 is 1.82 bits per heavy atom. The van der Waals surface area contributed by atoms with Crippen molar-refractivity contribution >= 4 is 11.0 Å². The predicted molar refractivity (Wildman–Crippen MR) is 50.8 cm³/mol. The molecule has 0 saturated heterocycles. The third kappa shape index (κ3) is 3.34. The van der Waals surface area contributed by atoms with Crippen LogP contribution in [0.25, 0.3) is 0 Å². The molecule has 0 aromatic heterocycles. The summed E-state index contributed by atoms with van der Waals surface area (Å²) in [5, 5.41) is 0. The molecule has 0 spiro atoms. The third-order valence-corrected chi connectivity index (χ3v) is 3.47. The zero-order chi connectivity index (χ0) is 9.07. The molecule has 0 radical (unpaired) electrons. The first-order valence-corrected chi connectivity index (χ1v) is 5.12. The van der Waals surface area contributed by atoms with Gasteiger partial charge in [-0.25, -0.2) is 8.51 Å². The van der Waals surface area contributed by atoms with Crippen molar-refractivity contribution in [2.45, 2.75) is 38.4 Å². The first kappa shape index (κ1) is 11.1. The smallest absolute Gasteiger partial charge is 0.0994 e. The van der Waals surface area contributed by atoms with E-state index in [2.05, 4.69) is 6.92 Å². The minimum absolute atomic E-state index is 0.0712. The van der Waals surface area contributed by atoms with Gasteiger partial charge in [-0.1, -0.05) is 13.3 Å². The molecule has 0 heterocycles. The van der Waals surface area contributed by atoms with Crippen LogP contribution in [-0.2, 0) is 11.0 Å². The van der Waals surface area contributed by atoms with E-state index in [9.17, 15) is 4.21 Å². The van der Waals surface area contributed by atoms with Crippen LogP contribution in [0.1, 0.15) is 33.6 Å². The lowest BCUT2D eigenvalue weighted by Gasteiger charge is -2.26. The summed E-state index contributed by atoms with van der Waals surface area (Å²) in [6.45, 7) is 6.22. The van der Waals surface area contributed by atoms with E-state index in [1.807, 2.05) is 27.9 Å². The molecule has 0 amide bonds. The van der Waals surface area contributed by atoms with Gasteiger partial charge >= 0.3 is 0 Å².